The molecule has 1 saturated heterocycles. The number of benzene rings is 1. The lowest BCUT2D eigenvalue weighted by molar-refractivity contribution is -0.115. The maximum absolute atomic E-state index is 14.3. The van der Waals surface area contributed by atoms with E-state index in [9.17, 15) is 33.4 Å². The lowest BCUT2D eigenvalue weighted by Crippen LogP contribution is -2.56. The number of nitrogens with one attached hydrogen (secondary N) is 1. The summed E-state index contributed by atoms with van der Waals surface area (Å²) in [5.74, 6) is -4.42. The quantitative estimate of drug-likeness (QED) is 0.542. The van der Waals surface area contributed by atoms with Gasteiger partial charge in [0.05, 0.1) is 13.2 Å². The van der Waals surface area contributed by atoms with Gasteiger partial charge in [-0.05, 0) is 49.5 Å². The van der Waals surface area contributed by atoms with E-state index >= 15 is 0 Å². The molecular weight excluding hydrogens is 506 g/mol. The number of ether oxygens (including phenoxy) is 1. The van der Waals surface area contributed by atoms with Crippen molar-refractivity contribution in [2.45, 2.75) is 57.0 Å². The van der Waals surface area contributed by atoms with Crippen molar-refractivity contribution in [2.75, 3.05) is 13.7 Å². The van der Waals surface area contributed by atoms with Crippen molar-refractivity contribution in [3.8, 4) is 5.75 Å². The number of carbonyl (C=O) groups is 2. The van der Waals surface area contributed by atoms with Crippen LogP contribution < -0.4 is 10.7 Å². The van der Waals surface area contributed by atoms with Gasteiger partial charge in [0, 0.05) is 30.9 Å². The van der Waals surface area contributed by atoms with E-state index in [1.54, 1.807) is 6.92 Å². The van der Waals surface area contributed by atoms with E-state index < -0.39 is 70.0 Å². The van der Waals surface area contributed by atoms with Crippen LogP contribution in [0, 0.1) is 18.6 Å². The zero-order valence-corrected chi connectivity index (χ0v) is 20.8. The summed E-state index contributed by atoms with van der Waals surface area (Å²) in [6, 6.07) is 1.02. The number of nitrogens with zero attached hydrogens (tertiary/aromatic N) is 3. The van der Waals surface area contributed by atoms with Gasteiger partial charge < -0.3 is 34.6 Å². The maximum Gasteiger partial charge on any atom is 0.274 e. The lowest BCUT2D eigenvalue weighted by Gasteiger charge is -2.42. The number of aliphatic hydroxyl groups is 1. The third kappa shape index (κ3) is 3.71. The van der Waals surface area contributed by atoms with Gasteiger partial charge in [-0.25, -0.2) is 8.78 Å². The molecule has 1 fully saturated rings. The van der Waals surface area contributed by atoms with Crippen molar-refractivity contribution < 1.29 is 38.2 Å². The molecule has 202 valence electrons. The number of aliphatic hydroxyl groups excluding tert-OH is 1. The molecule has 3 aliphatic rings. The number of pyridine rings is 1. The highest BCUT2D eigenvalue weighted by Gasteiger charge is 2.60. The lowest BCUT2D eigenvalue weighted by atomic mass is 9.83. The molecule has 38 heavy (non-hydrogen) atoms. The van der Waals surface area contributed by atoms with Gasteiger partial charge >= 0.3 is 0 Å². The fraction of sp³-hybridized carbons (Fsp3) is 0.440. The first-order valence-corrected chi connectivity index (χ1v) is 12.0. The number of hydrogen-bond acceptors (Lipinski definition) is 8. The van der Waals surface area contributed by atoms with Gasteiger partial charge in [-0.1, -0.05) is 0 Å². The van der Waals surface area contributed by atoms with E-state index in [0.29, 0.717) is 12.0 Å². The van der Waals surface area contributed by atoms with E-state index in [-0.39, 0.29) is 30.6 Å². The Hall–Kier alpha value is -4.00. The van der Waals surface area contributed by atoms with Gasteiger partial charge in [0.15, 0.2) is 23.1 Å². The van der Waals surface area contributed by atoms with Crippen LogP contribution in [0.5, 0.6) is 5.75 Å². The standard InChI is InChI=1S/C25H26F2N4O7/c1-11-6-15(26)13(16(27)7-11)8-28-22(35)14-9-31-17-10-30(24(36)18(31)20(33)19(14)32)12(2)4-5-25(17)21(34)23(37-3)29-38-25/h6-7,9,12,17,21,33-34H,4-5,8,10H2,1-3H3,(H,28,35)/t12-,17+,21-,25+/m0/s1. The zero-order valence-electron chi connectivity index (χ0n) is 20.8. The van der Waals surface area contributed by atoms with Crippen LogP contribution in [0.25, 0.3) is 0 Å². The van der Waals surface area contributed by atoms with Gasteiger partial charge in [0.25, 0.3) is 17.7 Å². The summed E-state index contributed by atoms with van der Waals surface area (Å²) in [7, 11) is 1.32. The monoisotopic (exact) mass is 532 g/mol. The van der Waals surface area contributed by atoms with Crippen LogP contribution >= 0.6 is 0 Å². The van der Waals surface area contributed by atoms with E-state index in [1.807, 2.05) is 0 Å². The number of oxime groups is 1. The van der Waals surface area contributed by atoms with E-state index in [4.69, 9.17) is 9.57 Å². The van der Waals surface area contributed by atoms with Crippen molar-refractivity contribution in [3.63, 3.8) is 0 Å². The van der Waals surface area contributed by atoms with Crippen molar-refractivity contribution in [2.24, 2.45) is 5.16 Å². The Bertz CT molecular complexity index is 1420. The highest BCUT2D eigenvalue weighted by atomic mass is 19.1. The smallest absolute Gasteiger partial charge is 0.274 e. The van der Waals surface area contributed by atoms with Gasteiger partial charge in [-0.3, -0.25) is 14.4 Å². The number of aromatic hydroxyl groups is 1. The van der Waals surface area contributed by atoms with E-state index in [2.05, 4.69) is 10.5 Å². The first kappa shape index (κ1) is 25.6. The number of fused-ring (bicyclic) bond motifs is 5. The molecule has 13 heteroatoms. The van der Waals surface area contributed by atoms with Gasteiger partial charge in [0.1, 0.15) is 17.2 Å². The molecular formula is C25H26F2N4O7. The molecule has 4 atom stereocenters. The van der Waals surface area contributed by atoms with Crippen molar-refractivity contribution >= 4 is 17.7 Å². The number of carbonyl (C=O) groups excluding carboxylic acids is 2. The largest absolute Gasteiger partial charge is 0.503 e. The molecule has 4 heterocycles. The number of halogens is 2. The minimum atomic E-state index is -1.42. The second-order valence-corrected chi connectivity index (χ2v) is 9.81. The van der Waals surface area contributed by atoms with Crippen LogP contribution in [-0.2, 0) is 16.1 Å². The first-order valence-electron chi connectivity index (χ1n) is 12.0. The van der Waals surface area contributed by atoms with Crippen LogP contribution in [-0.4, -0.2) is 68.8 Å². The first-order chi connectivity index (χ1) is 18.0. The fourth-order valence-electron chi connectivity index (χ4n) is 5.43. The molecule has 1 aromatic carbocycles. The second kappa shape index (κ2) is 9.08. The maximum atomic E-state index is 14.3. The normalized spacial score (nSPS) is 25.9. The summed E-state index contributed by atoms with van der Waals surface area (Å²) in [5, 5.41) is 28.1. The molecule has 0 aliphatic carbocycles. The molecule has 1 aromatic heterocycles. The van der Waals surface area contributed by atoms with Crippen molar-refractivity contribution in [3.05, 3.63) is 62.6 Å². The Kier molecular flexibility index (Phi) is 6.13. The Balaban J connectivity index is 1.57. The minimum absolute atomic E-state index is 0.0275. The molecule has 1 spiro atoms. The summed E-state index contributed by atoms with van der Waals surface area (Å²) < 4.78 is 34.9. The SMILES string of the molecule is COC1=NO[C@@]2(CC[C@H](C)N3C[C@H]2n2cc(C(=O)NCc4c(F)cc(C)cc4F)c(=O)c(O)c2C3=O)[C@H]1O. The average Bonchev–Trinajstić information content (AvgIpc) is 3.12. The van der Waals surface area contributed by atoms with Crippen LogP contribution in [0.1, 0.15) is 57.8 Å². The Morgan fingerprint density at radius 3 is 2.63 bits per heavy atom. The third-order valence-electron chi connectivity index (χ3n) is 7.60. The summed E-state index contributed by atoms with van der Waals surface area (Å²) in [6.45, 7) is 2.77. The Morgan fingerprint density at radius 2 is 2.00 bits per heavy atom. The number of rotatable bonds is 3. The number of methoxy groups -OCH3 is 1. The summed E-state index contributed by atoms with van der Waals surface area (Å²) >= 11 is 0. The van der Waals surface area contributed by atoms with Gasteiger partial charge in [0.2, 0.25) is 5.43 Å². The van der Waals surface area contributed by atoms with Gasteiger partial charge in [-0.2, -0.15) is 0 Å². The van der Waals surface area contributed by atoms with Gasteiger partial charge in [-0.15, -0.1) is 0 Å². The average molecular weight is 533 g/mol. The number of amides is 2. The predicted octanol–water partition coefficient (Wildman–Crippen LogP) is 1.34. The third-order valence-corrected chi connectivity index (χ3v) is 7.60. The number of hydrogen-bond donors (Lipinski definition) is 3. The molecule has 3 N–H and O–H groups in total. The molecule has 11 nitrogen and oxygen atoms in total. The fourth-order valence-corrected chi connectivity index (χ4v) is 5.43. The van der Waals surface area contributed by atoms with Crippen LogP contribution in [0.3, 0.4) is 0 Å². The molecule has 2 amide bonds. The summed E-state index contributed by atoms with van der Waals surface area (Å²) in [4.78, 5) is 46.6. The van der Waals surface area contributed by atoms with Crippen LogP contribution in [0.4, 0.5) is 8.78 Å². The molecule has 0 unspecified atom stereocenters. The van der Waals surface area contributed by atoms with Crippen LogP contribution in [0.2, 0.25) is 0 Å². The highest BCUT2D eigenvalue weighted by molar-refractivity contribution is 5.99. The van der Waals surface area contributed by atoms with E-state index in [1.165, 1.54) is 23.5 Å². The summed E-state index contributed by atoms with van der Waals surface area (Å²) in [6.07, 6.45) is 0.399. The molecule has 0 radical (unpaired) electrons. The molecule has 2 aromatic rings. The highest BCUT2D eigenvalue weighted by Crippen LogP contribution is 2.46. The van der Waals surface area contributed by atoms with E-state index in [0.717, 1.165) is 18.3 Å². The number of aryl methyl sites for hydroxylation is 1. The molecule has 3 aliphatic heterocycles. The predicted molar refractivity (Wildman–Crippen MR) is 128 cm³/mol. The molecule has 0 saturated carbocycles. The molecule has 2 bridgehead atoms. The Labute approximate surface area is 215 Å². The van der Waals surface area contributed by atoms with Crippen LogP contribution in [0.15, 0.2) is 28.3 Å². The molecule has 5 rings (SSSR count). The topological polar surface area (TPSA) is 143 Å². The van der Waals surface area contributed by atoms with Crippen molar-refractivity contribution in [1.82, 2.24) is 14.8 Å². The zero-order chi connectivity index (χ0) is 27.5. The van der Waals surface area contributed by atoms with Crippen molar-refractivity contribution in [1.29, 1.82) is 0 Å². The second-order valence-electron chi connectivity index (χ2n) is 9.81. The Morgan fingerprint density at radius 1 is 1.32 bits per heavy atom. The minimum Gasteiger partial charge on any atom is -0.503 e. The number of aromatic nitrogens is 1. The summed E-state index contributed by atoms with van der Waals surface area (Å²) in [5.41, 5.74) is -3.53.